The van der Waals surface area contributed by atoms with Crippen LogP contribution in [0, 0.1) is 5.41 Å². The number of urea groups is 1. The molecule has 4 heteroatoms. The van der Waals surface area contributed by atoms with Crippen LogP contribution in [0.4, 0.5) is 4.79 Å². The van der Waals surface area contributed by atoms with Gasteiger partial charge in [-0.15, -0.1) is 0 Å². The van der Waals surface area contributed by atoms with Gasteiger partial charge >= 0.3 is 6.03 Å². The number of amides is 2. The summed E-state index contributed by atoms with van der Waals surface area (Å²) in [5, 5.41) is 12.2. The van der Waals surface area contributed by atoms with Crippen molar-refractivity contribution in [2.75, 3.05) is 26.2 Å². The molecule has 1 aliphatic rings. The van der Waals surface area contributed by atoms with E-state index in [2.05, 4.69) is 23.5 Å². The molecule has 0 aliphatic carbocycles. The Morgan fingerprint density at radius 2 is 1.92 bits per heavy atom. The zero-order chi connectivity index (χ0) is 17.4. The summed E-state index contributed by atoms with van der Waals surface area (Å²) in [5.41, 5.74) is 2.58. The molecule has 1 fully saturated rings. The quantitative estimate of drug-likeness (QED) is 0.782. The van der Waals surface area contributed by atoms with E-state index in [0.29, 0.717) is 6.54 Å². The van der Waals surface area contributed by atoms with Crippen molar-refractivity contribution < 1.29 is 9.90 Å². The number of benzene rings is 1. The van der Waals surface area contributed by atoms with E-state index < -0.39 is 0 Å². The number of piperidine rings is 1. The summed E-state index contributed by atoms with van der Waals surface area (Å²) in [7, 11) is 0. The number of carbonyl (C=O) groups excluding carboxylic acids is 1. The van der Waals surface area contributed by atoms with Crippen molar-refractivity contribution in [2.45, 2.75) is 39.5 Å². The zero-order valence-corrected chi connectivity index (χ0v) is 14.9. The minimum atomic E-state index is -0.0625. The van der Waals surface area contributed by atoms with Crippen LogP contribution in [0.2, 0.25) is 0 Å². The summed E-state index contributed by atoms with van der Waals surface area (Å²) in [5.74, 6) is 0. The van der Waals surface area contributed by atoms with Gasteiger partial charge in [-0.25, -0.2) is 4.79 Å². The smallest absolute Gasteiger partial charge is 0.317 e. The molecular weight excluding hydrogens is 300 g/mol. The van der Waals surface area contributed by atoms with E-state index in [1.807, 2.05) is 36.9 Å². The predicted molar refractivity (Wildman–Crippen MR) is 98.7 cm³/mol. The normalized spacial score (nSPS) is 15.3. The fraction of sp³-hybridized carbons (Fsp3) is 0.550. The number of carbonyl (C=O) groups is 1. The topological polar surface area (TPSA) is 52.6 Å². The maximum Gasteiger partial charge on any atom is 0.317 e. The van der Waals surface area contributed by atoms with Crippen molar-refractivity contribution in [3.05, 3.63) is 41.5 Å². The molecule has 132 valence electrons. The minimum Gasteiger partial charge on any atom is -0.396 e. The first-order valence-corrected chi connectivity index (χ1v) is 8.88. The van der Waals surface area contributed by atoms with E-state index in [-0.39, 0.29) is 18.1 Å². The number of nitrogens with one attached hydrogen (secondary N) is 1. The highest BCUT2D eigenvalue weighted by Crippen LogP contribution is 2.21. The highest BCUT2D eigenvalue weighted by molar-refractivity contribution is 5.74. The van der Waals surface area contributed by atoms with Gasteiger partial charge in [0, 0.05) is 26.2 Å². The highest BCUT2D eigenvalue weighted by Gasteiger charge is 2.19. The average Bonchev–Trinajstić information content (AvgIpc) is 2.60. The van der Waals surface area contributed by atoms with Gasteiger partial charge in [-0.05, 0) is 36.7 Å². The molecular formula is C20H30N2O2. The van der Waals surface area contributed by atoms with Crippen molar-refractivity contribution in [1.29, 1.82) is 0 Å². The molecule has 0 bridgehead atoms. The molecule has 2 rings (SSSR count). The number of aliphatic hydroxyl groups excluding tert-OH is 1. The van der Waals surface area contributed by atoms with E-state index in [1.165, 1.54) is 11.1 Å². The fourth-order valence-corrected chi connectivity index (χ4v) is 2.88. The van der Waals surface area contributed by atoms with Gasteiger partial charge in [0.05, 0.1) is 0 Å². The highest BCUT2D eigenvalue weighted by atomic mass is 16.3. The third-order valence-electron chi connectivity index (χ3n) is 4.60. The lowest BCUT2D eigenvalue weighted by molar-refractivity contribution is 0.147. The Bertz CT molecular complexity index is 542. The summed E-state index contributed by atoms with van der Waals surface area (Å²) in [6, 6.07) is 10.4. The van der Waals surface area contributed by atoms with Crippen LogP contribution in [0.5, 0.6) is 0 Å². The first-order valence-electron chi connectivity index (χ1n) is 8.88. The second-order valence-electron chi connectivity index (χ2n) is 7.36. The Morgan fingerprint density at radius 1 is 1.25 bits per heavy atom. The van der Waals surface area contributed by atoms with Crippen LogP contribution >= 0.6 is 0 Å². The van der Waals surface area contributed by atoms with E-state index in [9.17, 15) is 9.90 Å². The molecule has 2 amide bonds. The molecule has 1 saturated heterocycles. The Morgan fingerprint density at radius 3 is 2.54 bits per heavy atom. The van der Waals surface area contributed by atoms with Gasteiger partial charge in [0.1, 0.15) is 0 Å². The van der Waals surface area contributed by atoms with Crippen LogP contribution in [0.15, 0.2) is 35.9 Å². The zero-order valence-electron chi connectivity index (χ0n) is 14.9. The third-order valence-corrected chi connectivity index (χ3v) is 4.60. The molecule has 0 aromatic heterocycles. The number of hydrogen-bond donors (Lipinski definition) is 2. The van der Waals surface area contributed by atoms with Crippen molar-refractivity contribution >= 4 is 12.1 Å². The molecule has 0 atom stereocenters. The van der Waals surface area contributed by atoms with Gasteiger partial charge in [0.2, 0.25) is 0 Å². The van der Waals surface area contributed by atoms with Crippen molar-refractivity contribution in [1.82, 2.24) is 10.2 Å². The lowest BCUT2D eigenvalue weighted by atomic mass is 9.89. The van der Waals surface area contributed by atoms with Crippen molar-refractivity contribution in [3.63, 3.8) is 0 Å². The second kappa shape index (κ2) is 8.88. The number of hydrogen-bond acceptors (Lipinski definition) is 2. The molecule has 0 unspecified atom stereocenters. The van der Waals surface area contributed by atoms with Crippen LogP contribution in [0.3, 0.4) is 0 Å². The van der Waals surface area contributed by atoms with Crippen molar-refractivity contribution in [3.8, 4) is 0 Å². The van der Waals surface area contributed by atoms with Gasteiger partial charge in [0.15, 0.2) is 0 Å². The molecule has 1 heterocycles. The molecule has 0 radical (unpaired) electrons. The molecule has 4 nitrogen and oxygen atoms in total. The predicted octanol–water partition coefficient (Wildman–Crippen LogP) is 3.67. The lowest BCUT2D eigenvalue weighted by Gasteiger charge is -2.29. The summed E-state index contributed by atoms with van der Waals surface area (Å²) in [4.78, 5) is 14.1. The van der Waals surface area contributed by atoms with E-state index in [4.69, 9.17) is 0 Å². The second-order valence-corrected chi connectivity index (χ2v) is 7.36. The average molecular weight is 330 g/mol. The molecule has 24 heavy (non-hydrogen) atoms. The first kappa shape index (κ1) is 18.5. The summed E-state index contributed by atoms with van der Waals surface area (Å²) < 4.78 is 0. The summed E-state index contributed by atoms with van der Waals surface area (Å²) in [6.45, 7) is 6.51. The summed E-state index contributed by atoms with van der Waals surface area (Å²) >= 11 is 0. The van der Waals surface area contributed by atoms with Crippen LogP contribution in [0.25, 0.3) is 6.08 Å². The number of aliphatic hydroxyl groups is 1. The molecule has 1 aliphatic heterocycles. The number of likely N-dealkylation sites (tertiary alicyclic amines) is 1. The van der Waals surface area contributed by atoms with E-state index in [1.54, 1.807) is 0 Å². The minimum absolute atomic E-state index is 0.0376. The molecule has 1 aromatic carbocycles. The van der Waals surface area contributed by atoms with Gasteiger partial charge in [0.25, 0.3) is 0 Å². The largest absolute Gasteiger partial charge is 0.396 e. The van der Waals surface area contributed by atoms with Gasteiger partial charge in [-0.3, -0.25) is 0 Å². The van der Waals surface area contributed by atoms with Crippen LogP contribution in [-0.2, 0) is 0 Å². The Hall–Kier alpha value is -1.81. The number of nitrogens with zero attached hydrogens (tertiary/aromatic N) is 1. The Labute approximate surface area is 145 Å². The third kappa shape index (κ3) is 6.00. The first-order chi connectivity index (χ1) is 11.5. The van der Waals surface area contributed by atoms with Gasteiger partial charge in [-0.2, -0.15) is 0 Å². The maximum absolute atomic E-state index is 12.2. The maximum atomic E-state index is 12.2. The Kier molecular flexibility index (Phi) is 6.85. The van der Waals surface area contributed by atoms with Gasteiger partial charge in [-0.1, -0.05) is 55.8 Å². The van der Waals surface area contributed by atoms with Crippen LogP contribution < -0.4 is 5.32 Å². The van der Waals surface area contributed by atoms with E-state index in [0.717, 1.165) is 38.8 Å². The van der Waals surface area contributed by atoms with Crippen LogP contribution in [-0.4, -0.2) is 42.3 Å². The molecule has 2 N–H and O–H groups in total. The van der Waals surface area contributed by atoms with E-state index >= 15 is 0 Å². The molecule has 0 spiro atoms. The number of rotatable bonds is 6. The SMILES string of the molecule is CC(C)(CO)CCCNC(=O)N1CCC(=Cc2ccccc2)CC1. The van der Waals surface area contributed by atoms with Crippen molar-refractivity contribution in [2.24, 2.45) is 5.41 Å². The molecule has 0 saturated carbocycles. The monoisotopic (exact) mass is 330 g/mol. The van der Waals surface area contributed by atoms with Gasteiger partial charge < -0.3 is 15.3 Å². The fourth-order valence-electron chi connectivity index (χ4n) is 2.88. The molecule has 1 aromatic rings. The van der Waals surface area contributed by atoms with Crippen LogP contribution in [0.1, 0.15) is 45.1 Å². The standard InChI is InChI=1S/C20H30N2O2/c1-20(2,16-23)11-6-12-21-19(24)22-13-9-18(10-14-22)15-17-7-4-3-5-8-17/h3-5,7-8,15,23H,6,9-14,16H2,1-2H3,(H,21,24). The Balaban J connectivity index is 1.70. The lowest BCUT2D eigenvalue weighted by Crippen LogP contribution is -2.43. The summed E-state index contributed by atoms with van der Waals surface area (Å²) in [6.07, 6.45) is 5.94.